The molecule has 6 rings (SSSR count). The summed E-state index contributed by atoms with van der Waals surface area (Å²) in [4.78, 5) is 9.17. The van der Waals surface area contributed by atoms with E-state index >= 15 is 0 Å². The normalized spacial score (nSPS) is 16.2. The third-order valence-electron chi connectivity index (χ3n) is 10.4. The maximum Gasteiger partial charge on any atom is 0.0422 e. The topological polar surface area (TPSA) is 37.8 Å². The van der Waals surface area contributed by atoms with E-state index in [9.17, 15) is 0 Å². The third kappa shape index (κ3) is 8.51. The van der Waals surface area contributed by atoms with Gasteiger partial charge in [0.2, 0.25) is 0 Å². The van der Waals surface area contributed by atoms with E-state index in [1.54, 1.807) is 0 Å². The predicted octanol–water partition coefficient (Wildman–Crippen LogP) is 12.2. The van der Waals surface area contributed by atoms with Gasteiger partial charge in [-0.05, 0) is 159 Å². The molecule has 1 aliphatic rings. The number of hydrogen-bond donors (Lipinski definition) is 1. The van der Waals surface area contributed by atoms with E-state index in [0.717, 1.165) is 42.0 Å². The second kappa shape index (κ2) is 15.4. The highest BCUT2D eigenvalue weighted by molar-refractivity contribution is 5.76. The Balaban J connectivity index is 1.26. The molecule has 3 aromatic carbocycles. The average molecular weight is 660 g/mol. The van der Waals surface area contributed by atoms with Crippen molar-refractivity contribution in [2.45, 2.75) is 98.4 Å². The summed E-state index contributed by atoms with van der Waals surface area (Å²) in [6, 6.07) is 37.1. The van der Waals surface area contributed by atoms with E-state index in [0.29, 0.717) is 23.8 Å². The molecule has 0 spiro atoms. The monoisotopic (exact) mass is 659 g/mol. The molecule has 3 heterocycles. The highest BCUT2D eigenvalue weighted by Gasteiger charge is 2.22. The minimum atomic E-state index is 0.346. The molecule has 0 saturated heterocycles. The average Bonchev–Trinajstić information content (AvgIpc) is 3.09. The lowest BCUT2D eigenvalue weighted by Crippen LogP contribution is -2.24. The quantitative estimate of drug-likeness (QED) is 0.153. The Hall–Kier alpha value is -4.76. The van der Waals surface area contributed by atoms with Crippen molar-refractivity contribution in [2.24, 2.45) is 0 Å². The van der Waals surface area contributed by atoms with Gasteiger partial charge in [0.05, 0.1) is 0 Å². The maximum atomic E-state index is 4.60. The molecule has 256 valence electrons. The zero-order chi connectivity index (χ0) is 35.4. The van der Waals surface area contributed by atoms with Crippen LogP contribution in [0.2, 0.25) is 0 Å². The Bertz CT molecular complexity index is 1940. The fourth-order valence-corrected chi connectivity index (χ4v) is 7.89. The zero-order valence-electron chi connectivity index (χ0n) is 31.2. The summed E-state index contributed by atoms with van der Waals surface area (Å²) in [6.45, 7) is 17.4. The maximum absolute atomic E-state index is 4.60. The number of rotatable bonds is 11. The molecule has 1 aliphatic heterocycles. The van der Waals surface area contributed by atoms with Gasteiger partial charge in [-0.15, -0.1) is 0 Å². The lowest BCUT2D eigenvalue weighted by molar-refractivity contribution is 0.467. The van der Waals surface area contributed by atoms with Crippen LogP contribution in [0.15, 0.2) is 115 Å². The van der Waals surface area contributed by atoms with Gasteiger partial charge in [0.15, 0.2) is 0 Å². The van der Waals surface area contributed by atoms with Crippen molar-refractivity contribution in [3.63, 3.8) is 0 Å². The van der Waals surface area contributed by atoms with Crippen molar-refractivity contribution < 1.29 is 0 Å². The van der Waals surface area contributed by atoms with Crippen LogP contribution in [0.5, 0.6) is 0 Å². The van der Waals surface area contributed by atoms with E-state index in [2.05, 4.69) is 180 Å². The Morgan fingerprint density at radius 1 is 0.560 bits per heavy atom. The number of aryl methyl sites for hydroxylation is 4. The smallest absolute Gasteiger partial charge is 0.0422 e. The molecule has 0 amide bonds. The van der Waals surface area contributed by atoms with E-state index in [4.69, 9.17) is 0 Å². The van der Waals surface area contributed by atoms with Crippen LogP contribution >= 0.6 is 0 Å². The molecule has 0 bridgehead atoms. The number of dihydropyridines is 1. The van der Waals surface area contributed by atoms with Crippen molar-refractivity contribution in [1.29, 1.82) is 0 Å². The highest BCUT2D eigenvalue weighted by Crippen LogP contribution is 2.40. The second-order valence-corrected chi connectivity index (χ2v) is 14.7. The van der Waals surface area contributed by atoms with Crippen LogP contribution in [0.1, 0.15) is 110 Å². The Morgan fingerprint density at radius 2 is 1.00 bits per heavy atom. The number of allylic oxidation sites excluding steroid dienone is 3. The molecule has 3 nitrogen and oxygen atoms in total. The summed E-state index contributed by atoms with van der Waals surface area (Å²) in [6.07, 6.45) is 7.88. The van der Waals surface area contributed by atoms with Gasteiger partial charge in [-0.3, -0.25) is 9.97 Å². The summed E-state index contributed by atoms with van der Waals surface area (Å²) in [5.41, 5.74) is 17.3. The van der Waals surface area contributed by atoms with Gasteiger partial charge in [0.25, 0.3) is 0 Å². The first-order chi connectivity index (χ1) is 24.0. The largest absolute Gasteiger partial charge is 0.383 e. The van der Waals surface area contributed by atoms with Crippen molar-refractivity contribution in [1.82, 2.24) is 15.3 Å². The minimum Gasteiger partial charge on any atom is -0.383 e. The van der Waals surface area contributed by atoms with Crippen molar-refractivity contribution >= 4 is 5.57 Å². The summed E-state index contributed by atoms with van der Waals surface area (Å²) < 4.78 is 0. The number of pyridine rings is 2. The Labute approximate surface area is 300 Å². The van der Waals surface area contributed by atoms with E-state index < -0.39 is 0 Å². The number of nitrogens with one attached hydrogen (secondary N) is 1. The van der Waals surface area contributed by atoms with Gasteiger partial charge in [-0.2, -0.15) is 0 Å². The van der Waals surface area contributed by atoms with Gasteiger partial charge in [-0.25, -0.2) is 0 Å². The van der Waals surface area contributed by atoms with Gasteiger partial charge in [-0.1, -0.05) is 92.7 Å². The van der Waals surface area contributed by atoms with Crippen molar-refractivity contribution in [3.05, 3.63) is 160 Å². The van der Waals surface area contributed by atoms with Crippen LogP contribution < -0.4 is 5.32 Å². The molecular formula is C47H53N3. The lowest BCUT2D eigenvalue weighted by atomic mass is 9.78. The van der Waals surface area contributed by atoms with Crippen LogP contribution in [-0.4, -0.2) is 16.0 Å². The van der Waals surface area contributed by atoms with Crippen molar-refractivity contribution in [2.75, 3.05) is 0 Å². The summed E-state index contributed by atoms with van der Waals surface area (Å²) in [7, 11) is 0. The minimum absolute atomic E-state index is 0.346. The predicted molar refractivity (Wildman–Crippen MR) is 212 cm³/mol. The van der Waals surface area contributed by atoms with Gasteiger partial charge >= 0.3 is 0 Å². The molecule has 3 heteroatoms. The number of aromatic nitrogens is 2. The molecule has 4 unspecified atom stereocenters. The molecule has 50 heavy (non-hydrogen) atoms. The number of benzene rings is 3. The second-order valence-electron chi connectivity index (χ2n) is 14.7. The molecule has 1 N–H and O–H groups in total. The van der Waals surface area contributed by atoms with Gasteiger partial charge in [0, 0.05) is 34.5 Å². The summed E-state index contributed by atoms with van der Waals surface area (Å²) in [5, 5.41) is 3.49. The lowest BCUT2D eigenvalue weighted by Gasteiger charge is -2.27. The van der Waals surface area contributed by atoms with Gasteiger partial charge < -0.3 is 5.32 Å². The molecule has 0 radical (unpaired) electrons. The molecule has 0 aliphatic carbocycles. The van der Waals surface area contributed by atoms with E-state index in [1.165, 1.54) is 55.8 Å². The Kier molecular flexibility index (Phi) is 10.8. The highest BCUT2D eigenvalue weighted by atomic mass is 14.9. The molecule has 0 saturated carbocycles. The van der Waals surface area contributed by atoms with Crippen molar-refractivity contribution in [3.8, 4) is 22.3 Å². The zero-order valence-corrected chi connectivity index (χ0v) is 31.2. The van der Waals surface area contributed by atoms with Crippen LogP contribution in [-0.2, 0) is 0 Å². The molecule has 4 atom stereocenters. The first-order valence-electron chi connectivity index (χ1n) is 18.4. The van der Waals surface area contributed by atoms with Crippen LogP contribution in [0.25, 0.3) is 27.8 Å². The van der Waals surface area contributed by atoms with Crippen LogP contribution in [0.3, 0.4) is 0 Å². The molecule has 0 fully saturated rings. The number of hydrogen-bond acceptors (Lipinski definition) is 3. The first-order valence-corrected chi connectivity index (χ1v) is 18.4. The Morgan fingerprint density at radius 3 is 1.46 bits per heavy atom. The van der Waals surface area contributed by atoms with E-state index in [1.807, 2.05) is 0 Å². The van der Waals surface area contributed by atoms with Gasteiger partial charge in [0.1, 0.15) is 0 Å². The van der Waals surface area contributed by atoms with Crippen LogP contribution in [0, 0.1) is 27.7 Å². The molecular weight excluding hydrogens is 607 g/mol. The number of nitrogens with zero attached hydrogens (tertiary/aromatic N) is 2. The molecule has 2 aromatic heterocycles. The molecule has 5 aromatic rings. The summed E-state index contributed by atoms with van der Waals surface area (Å²) in [5.74, 6) is 1.32. The fourth-order valence-electron chi connectivity index (χ4n) is 7.89. The standard InChI is InChI=1S/C47H53N3/c1-9-37(39-14-16-42(17-15-39)46-25-33(5)49-34(6)26-46)29-44(40-18-20-43(21-19-40)47-27-35(7)50-36(8)28-47)22-30(2)38-10-12-41(13-11-38)45-23-31(3)48-32(4)24-45/h10-21,23-28,30-31,37,44,48H,9,22,29H2,1-8H3. The third-order valence-corrected chi connectivity index (χ3v) is 10.4. The van der Waals surface area contributed by atoms with Crippen LogP contribution in [0.4, 0.5) is 0 Å². The summed E-state index contributed by atoms with van der Waals surface area (Å²) >= 11 is 0. The van der Waals surface area contributed by atoms with E-state index in [-0.39, 0.29) is 0 Å². The first kappa shape index (κ1) is 35.1. The fraction of sp³-hybridized carbons (Fsp3) is 0.319. The SMILES string of the molecule is CCC(CC(CC(C)c1ccc(C2=CC(C)NC(C)=C2)cc1)c1ccc(-c2cc(C)nc(C)c2)cc1)c1ccc(-c2cc(C)nc(C)c2)cc1.